The maximum atomic E-state index is 5.55. The van der Waals surface area contributed by atoms with Gasteiger partial charge >= 0.3 is 0 Å². The zero-order valence-corrected chi connectivity index (χ0v) is 9.49. The molecular formula is C12H20N2O. The summed E-state index contributed by atoms with van der Waals surface area (Å²) in [4.78, 5) is 0. The van der Waals surface area contributed by atoms with Gasteiger partial charge in [-0.2, -0.15) is 0 Å². The van der Waals surface area contributed by atoms with Crippen LogP contribution < -0.4 is 15.8 Å². The Kier molecular flexibility index (Phi) is 5.15. The summed E-state index contributed by atoms with van der Waals surface area (Å²) >= 11 is 0. The van der Waals surface area contributed by atoms with Crippen LogP contribution in [0.25, 0.3) is 0 Å². The van der Waals surface area contributed by atoms with Crippen LogP contribution in [0.4, 0.5) is 0 Å². The molecular weight excluding hydrogens is 188 g/mol. The Morgan fingerprint density at radius 3 is 2.47 bits per heavy atom. The van der Waals surface area contributed by atoms with Gasteiger partial charge in [0.1, 0.15) is 12.4 Å². The van der Waals surface area contributed by atoms with Crippen molar-refractivity contribution in [2.24, 2.45) is 5.73 Å². The predicted molar refractivity (Wildman–Crippen MR) is 63.0 cm³/mol. The second kappa shape index (κ2) is 6.43. The molecule has 0 atom stereocenters. The Hall–Kier alpha value is -1.06. The number of hydrogen-bond acceptors (Lipinski definition) is 3. The molecule has 0 radical (unpaired) electrons. The highest BCUT2D eigenvalue weighted by molar-refractivity contribution is 5.26. The highest BCUT2D eigenvalue weighted by Gasteiger charge is 1.95. The smallest absolute Gasteiger partial charge is 0.119 e. The van der Waals surface area contributed by atoms with E-state index in [9.17, 15) is 0 Å². The molecule has 0 amide bonds. The average Bonchev–Trinajstić information content (AvgIpc) is 2.25. The van der Waals surface area contributed by atoms with Crippen LogP contribution in [0, 0.1) is 0 Å². The standard InChI is InChI=1S/C12H20N2O/c1-10(2)14-7-8-15-12-5-3-11(9-13)4-6-12/h3-6,10,14H,7-9,13H2,1-2H3. The molecule has 3 heteroatoms. The molecule has 0 fully saturated rings. The summed E-state index contributed by atoms with van der Waals surface area (Å²) in [5.74, 6) is 0.901. The molecule has 0 unspecified atom stereocenters. The zero-order chi connectivity index (χ0) is 11.1. The van der Waals surface area contributed by atoms with Gasteiger partial charge in [-0.15, -0.1) is 0 Å². The summed E-state index contributed by atoms with van der Waals surface area (Å²) < 4.78 is 5.55. The van der Waals surface area contributed by atoms with Crippen molar-refractivity contribution < 1.29 is 4.74 Å². The summed E-state index contributed by atoms with van der Waals surface area (Å²) in [5.41, 5.74) is 6.63. The fourth-order valence-corrected chi connectivity index (χ4v) is 1.24. The van der Waals surface area contributed by atoms with Crippen molar-refractivity contribution >= 4 is 0 Å². The first kappa shape index (κ1) is 12.0. The SMILES string of the molecule is CC(C)NCCOc1ccc(CN)cc1. The molecule has 0 saturated carbocycles. The van der Waals surface area contributed by atoms with Gasteiger partial charge in [-0.1, -0.05) is 26.0 Å². The normalized spacial score (nSPS) is 10.7. The van der Waals surface area contributed by atoms with E-state index in [2.05, 4.69) is 19.2 Å². The van der Waals surface area contributed by atoms with Gasteiger partial charge in [0, 0.05) is 19.1 Å². The van der Waals surface area contributed by atoms with Gasteiger partial charge in [-0.25, -0.2) is 0 Å². The quantitative estimate of drug-likeness (QED) is 0.697. The Morgan fingerprint density at radius 2 is 1.93 bits per heavy atom. The van der Waals surface area contributed by atoms with Gasteiger partial charge in [0.25, 0.3) is 0 Å². The number of nitrogens with one attached hydrogen (secondary N) is 1. The Morgan fingerprint density at radius 1 is 1.27 bits per heavy atom. The fourth-order valence-electron chi connectivity index (χ4n) is 1.24. The van der Waals surface area contributed by atoms with Crippen molar-refractivity contribution in [2.45, 2.75) is 26.4 Å². The molecule has 1 aromatic rings. The highest BCUT2D eigenvalue weighted by Crippen LogP contribution is 2.11. The van der Waals surface area contributed by atoms with E-state index >= 15 is 0 Å². The minimum absolute atomic E-state index is 0.508. The van der Waals surface area contributed by atoms with Crippen LogP contribution in [0.2, 0.25) is 0 Å². The van der Waals surface area contributed by atoms with E-state index in [0.29, 0.717) is 19.2 Å². The van der Waals surface area contributed by atoms with Crippen LogP contribution in [-0.4, -0.2) is 19.2 Å². The summed E-state index contributed by atoms with van der Waals surface area (Å²) in [5, 5.41) is 3.29. The van der Waals surface area contributed by atoms with Gasteiger partial charge in [0.15, 0.2) is 0 Å². The molecule has 1 rings (SSSR count). The first-order chi connectivity index (χ1) is 7.22. The molecule has 1 aromatic carbocycles. The maximum absolute atomic E-state index is 5.55. The Bertz CT molecular complexity index is 269. The number of ether oxygens (including phenoxy) is 1. The minimum atomic E-state index is 0.508. The molecule has 3 nitrogen and oxygen atoms in total. The largest absolute Gasteiger partial charge is 0.492 e. The molecule has 0 aliphatic heterocycles. The third-order valence-corrected chi connectivity index (χ3v) is 2.08. The second-order valence-electron chi connectivity index (χ2n) is 3.81. The Balaban J connectivity index is 2.25. The lowest BCUT2D eigenvalue weighted by Gasteiger charge is -2.09. The third-order valence-electron chi connectivity index (χ3n) is 2.08. The zero-order valence-electron chi connectivity index (χ0n) is 9.49. The van der Waals surface area contributed by atoms with Crippen molar-refractivity contribution in [1.82, 2.24) is 5.32 Å². The molecule has 84 valence electrons. The average molecular weight is 208 g/mol. The molecule has 0 aromatic heterocycles. The molecule has 0 aliphatic rings. The highest BCUT2D eigenvalue weighted by atomic mass is 16.5. The molecule has 15 heavy (non-hydrogen) atoms. The molecule has 0 spiro atoms. The lowest BCUT2D eigenvalue weighted by molar-refractivity contribution is 0.309. The topological polar surface area (TPSA) is 47.3 Å². The fraction of sp³-hybridized carbons (Fsp3) is 0.500. The first-order valence-electron chi connectivity index (χ1n) is 5.37. The van der Waals surface area contributed by atoms with E-state index < -0.39 is 0 Å². The molecule has 3 N–H and O–H groups in total. The van der Waals surface area contributed by atoms with E-state index in [1.54, 1.807) is 0 Å². The molecule has 0 bridgehead atoms. The first-order valence-corrected chi connectivity index (χ1v) is 5.37. The van der Waals surface area contributed by atoms with Crippen LogP contribution in [-0.2, 0) is 6.54 Å². The minimum Gasteiger partial charge on any atom is -0.492 e. The van der Waals surface area contributed by atoms with Gasteiger partial charge in [0.05, 0.1) is 0 Å². The lowest BCUT2D eigenvalue weighted by Crippen LogP contribution is -2.27. The van der Waals surface area contributed by atoms with Crippen molar-refractivity contribution in [1.29, 1.82) is 0 Å². The summed E-state index contributed by atoms with van der Waals surface area (Å²) in [6.45, 7) is 6.39. The summed E-state index contributed by atoms with van der Waals surface area (Å²) in [6.07, 6.45) is 0. The van der Waals surface area contributed by atoms with Crippen molar-refractivity contribution in [3.63, 3.8) is 0 Å². The summed E-state index contributed by atoms with van der Waals surface area (Å²) in [6, 6.07) is 8.40. The molecule has 0 aliphatic carbocycles. The number of rotatable bonds is 6. The predicted octanol–water partition coefficient (Wildman–Crippen LogP) is 1.52. The van der Waals surface area contributed by atoms with Crippen LogP contribution in [0.3, 0.4) is 0 Å². The van der Waals surface area contributed by atoms with E-state index in [4.69, 9.17) is 10.5 Å². The number of hydrogen-bond donors (Lipinski definition) is 2. The molecule has 0 heterocycles. The van der Waals surface area contributed by atoms with Gasteiger partial charge < -0.3 is 15.8 Å². The van der Waals surface area contributed by atoms with Gasteiger partial charge in [-0.3, -0.25) is 0 Å². The van der Waals surface area contributed by atoms with Crippen LogP contribution in [0.1, 0.15) is 19.4 Å². The van der Waals surface area contributed by atoms with E-state index in [1.165, 1.54) is 0 Å². The van der Waals surface area contributed by atoms with Crippen LogP contribution in [0.15, 0.2) is 24.3 Å². The van der Waals surface area contributed by atoms with Crippen LogP contribution in [0.5, 0.6) is 5.75 Å². The van der Waals surface area contributed by atoms with Crippen molar-refractivity contribution in [2.75, 3.05) is 13.2 Å². The van der Waals surface area contributed by atoms with E-state index in [1.807, 2.05) is 24.3 Å². The Labute approximate surface area is 91.6 Å². The molecule has 0 saturated heterocycles. The van der Waals surface area contributed by atoms with Gasteiger partial charge in [0.2, 0.25) is 0 Å². The summed E-state index contributed by atoms with van der Waals surface area (Å²) in [7, 11) is 0. The number of nitrogens with two attached hydrogens (primary N) is 1. The lowest BCUT2D eigenvalue weighted by atomic mass is 10.2. The van der Waals surface area contributed by atoms with E-state index in [-0.39, 0.29) is 0 Å². The van der Waals surface area contributed by atoms with Crippen LogP contribution >= 0.6 is 0 Å². The second-order valence-corrected chi connectivity index (χ2v) is 3.81. The maximum Gasteiger partial charge on any atom is 0.119 e. The number of benzene rings is 1. The van der Waals surface area contributed by atoms with Crippen molar-refractivity contribution in [3.8, 4) is 5.75 Å². The third kappa shape index (κ3) is 4.81. The van der Waals surface area contributed by atoms with E-state index in [0.717, 1.165) is 17.9 Å². The monoisotopic (exact) mass is 208 g/mol. The van der Waals surface area contributed by atoms with Gasteiger partial charge in [-0.05, 0) is 17.7 Å². The van der Waals surface area contributed by atoms with Crippen molar-refractivity contribution in [3.05, 3.63) is 29.8 Å².